The van der Waals surface area contributed by atoms with Gasteiger partial charge in [0.25, 0.3) is 0 Å². The lowest BCUT2D eigenvalue weighted by Crippen LogP contribution is -2.25. The van der Waals surface area contributed by atoms with Gasteiger partial charge in [-0.1, -0.05) is 6.07 Å². The van der Waals surface area contributed by atoms with Crippen molar-refractivity contribution in [1.29, 1.82) is 0 Å². The molecule has 0 aliphatic rings. The first kappa shape index (κ1) is 15.1. The van der Waals surface area contributed by atoms with E-state index in [1.807, 2.05) is 17.5 Å². The van der Waals surface area contributed by atoms with Crippen LogP contribution in [0.15, 0.2) is 37.6 Å². The van der Waals surface area contributed by atoms with Crippen molar-refractivity contribution in [2.45, 2.75) is 16.7 Å². The van der Waals surface area contributed by atoms with Crippen LogP contribution in [0.4, 0.5) is 0 Å². The first-order valence-electron chi connectivity index (χ1n) is 5.45. The zero-order valence-corrected chi connectivity index (χ0v) is 13.8. The van der Waals surface area contributed by atoms with Gasteiger partial charge in [-0.25, -0.2) is 13.1 Å². The summed E-state index contributed by atoms with van der Waals surface area (Å²) in [6, 6.07) is 6.93. The van der Waals surface area contributed by atoms with Crippen LogP contribution in [0.2, 0.25) is 0 Å². The largest absolute Gasteiger partial charge is 0.388 e. The number of halogens is 1. The summed E-state index contributed by atoms with van der Waals surface area (Å²) in [5.74, 6) is 0. The third-order valence-corrected chi connectivity index (χ3v) is 6.94. The van der Waals surface area contributed by atoms with Crippen LogP contribution in [0.5, 0.6) is 0 Å². The van der Waals surface area contributed by atoms with E-state index in [0.717, 1.165) is 20.0 Å². The molecule has 0 aromatic carbocycles. The van der Waals surface area contributed by atoms with Gasteiger partial charge < -0.3 is 5.11 Å². The van der Waals surface area contributed by atoms with E-state index in [0.29, 0.717) is 6.42 Å². The molecule has 0 aliphatic heterocycles. The van der Waals surface area contributed by atoms with Crippen molar-refractivity contribution >= 4 is 48.6 Å². The number of nitrogens with one attached hydrogen (secondary N) is 1. The van der Waals surface area contributed by atoms with E-state index in [1.54, 1.807) is 12.1 Å². The van der Waals surface area contributed by atoms with Gasteiger partial charge in [0.1, 0.15) is 4.21 Å². The summed E-state index contributed by atoms with van der Waals surface area (Å²) in [5, 5.41) is 11.7. The zero-order chi connectivity index (χ0) is 13.9. The highest BCUT2D eigenvalue weighted by Gasteiger charge is 2.17. The van der Waals surface area contributed by atoms with E-state index in [1.165, 1.54) is 11.3 Å². The third-order valence-electron chi connectivity index (χ3n) is 2.39. The molecule has 0 bridgehead atoms. The molecule has 2 aromatic rings. The summed E-state index contributed by atoms with van der Waals surface area (Å²) in [6.45, 7) is 0.205. The van der Waals surface area contributed by atoms with Crippen LogP contribution in [-0.4, -0.2) is 20.1 Å². The molecule has 0 unspecified atom stereocenters. The number of aliphatic hydroxyl groups is 1. The van der Waals surface area contributed by atoms with E-state index >= 15 is 0 Å². The SMILES string of the molecule is O=S(=O)(NCC[C@@H](O)c1cccs1)c1ccc(Br)s1. The number of aliphatic hydroxyl groups excluding tert-OH is 1. The first-order chi connectivity index (χ1) is 8.99. The van der Waals surface area contributed by atoms with Crippen LogP contribution in [0.3, 0.4) is 0 Å². The third kappa shape index (κ3) is 4.11. The highest BCUT2D eigenvalue weighted by molar-refractivity contribution is 9.11. The molecule has 0 saturated heterocycles. The van der Waals surface area contributed by atoms with Crippen molar-refractivity contribution in [1.82, 2.24) is 4.72 Å². The van der Waals surface area contributed by atoms with Crippen LogP contribution in [-0.2, 0) is 10.0 Å². The number of rotatable bonds is 6. The van der Waals surface area contributed by atoms with Crippen molar-refractivity contribution < 1.29 is 13.5 Å². The molecule has 19 heavy (non-hydrogen) atoms. The maximum atomic E-state index is 11.9. The molecule has 104 valence electrons. The molecule has 0 fully saturated rings. The fourth-order valence-corrected chi connectivity index (χ4v) is 5.31. The van der Waals surface area contributed by atoms with Crippen molar-refractivity contribution in [3.05, 3.63) is 38.3 Å². The van der Waals surface area contributed by atoms with E-state index in [-0.39, 0.29) is 10.8 Å². The lowest BCUT2D eigenvalue weighted by Gasteiger charge is -2.09. The molecule has 0 amide bonds. The van der Waals surface area contributed by atoms with Crippen LogP contribution in [0.1, 0.15) is 17.4 Å². The van der Waals surface area contributed by atoms with Gasteiger partial charge in [0.05, 0.1) is 9.89 Å². The minimum atomic E-state index is -3.47. The van der Waals surface area contributed by atoms with E-state index in [2.05, 4.69) is 20.7 Å². The minimum Gasteiger partial charge on any atom is -0.388 e. The average Bonchev–Trinajstić information content (AvgIpc) is 2.99. The Balaban J connectivity index is 1.89. The summed E-state index contributed by atoms with van der Waals surface area (Å²) < 4.78 is 27.4. The van der Waals surface area contributed by atoms with Gasteiger partial charge in [0.2, 0.25) is 10.0 Å². The van der Waals surface area contributed by atoms with Gasteiger partial charge >= 0.3 is 0 Å². The maximum absolute atomic E-state index is 11.9. The Hall–Kier alpha value is -0.250. The molecule has 0 radical (unpaired) electrons. The van der Waals surface area contributed by atoms with Crippen molar-refractivity contribution in [2.75, 3.05) is 6.54 Å². The van der Waals surface area contributed by atoms with Gasteiger partial charge in [-0.05, 0) is 45.9 Å². The summed E-state index contributed by atoms with van der Waals surface area (Å²) >= 11 is 5.84. The lowest BCUT2D eigenvalue weighted by atomic mass is 10.2. The van der Waals surface area contributed by atoms with E-state index in [4.69, 9.17) is 0 Å². The molecule has 4 nitrogen and oxygen atoms in total. The Morgan fingerprint density at radius 3 is 2.74 bits per heavy atom. The Bertz CT molecular complexity index is 621. The number of sulfonamides is 1. The second kappa shape index (κ2) is 6.47. The topological polar surface area (TPSA) is 66.4 Å². The second-order valence-electron chi connectivity index (χ2n) is 3.78. The van der Waals surface area contributed by atoms with Gasteiger partial charge in [0.15, 0.2) is 0 Å². The van der Waals surface area contributed by atoms with Gasteiger partial charge in [-0.3, -0.25) is 0 Å². The van der Waals surface area contributed by atoms with Crippen LogP contribution < -0.4 is 4.72 Å². The first-order valence-corrected chi connectivity index (χ1v) is 9.43. The summed E-state index contributed by atoms with van der Waals surface area (Å²) in [5.41, 5.74) is 0. The molecule has 8 heteroatoms. The molecular formula is C11H12BrNO3S3. The van der Waals surface area contributed by atoms with E-state index in [9.17, 15) is 13.5 Å². The fourth-order valence-electron chi connectivity index (χ4n) is 1.47. The molecule has 0 aliphatic carbocycles. The van der Waals surface area contributed by atoms with Gasteiger partial charge in [0, 0.05) is 11.4 Å². The number of hydrogen-bond donors (Lipinski definition) is 2. The quantitative estimate of drug-likeness (QED) is 0.807. The Labute approximate surface area is 128 Å². The second-order valence-corrected chi connectivity index (χ2v) is 9.21. The number of hydrogen-bond acceptors (Lipinski definition) is 5. The molecule has 2 heterocycles. The molecule has 1 atom stereocenters. The van der Waals surface area contributed by atoms with Crippen LogP contribution >= 0.6 is 38.6 Å². The zero-order valence-electron chi connectivity index (χ0n) is 9.74. The molecule has 0 saturated carbocycles. The lowest BCUT2D eigenvalue weighted by molar-refractivity contribution is 0.173. The highest BCUT2D eigenvalue weighted by Crippen LogP contribution is 2.26. The molecular weight excluding hydrogens is 370 g/mol. The molecule has 0 spiro atoms. The Morgan fingerprint density at radius 2 is 2.16 bits per heavy atom. The van der Waals surface area contributed by atoms with Crippen molar-refractivity contribution in [3.63, 3.8) is 0 Å². The molecule has 2 N–H and O–H groups in total. The average molecular weight is 382 g/mol. The number of thiophene rings is 2. The smallest absolute Gasteiger partial charge is 0.250 e. The summed E-state index contributed by atoms with van der Waals surface area (Å²) in [4.78, 5) is 0.845. The predicted molar refractivity (Wildman–Crippen MR) is 81.1 cm³/mol. The van der Waals surface area contributed by atoms with Gasteiger partial charge in [-0.15, -0.1) is 22.7 Å². The summed E-state index contributed by atoms with van der Waals surface area (Å²) in [6.07, 6.45) is -0.274. The van der Waals surface area contributed by atoms with E-state index < -0.39 is 16.1 Å². The van der Waals surface area contributed by atoms with Crippen LogP contribution in [0, 0.1) is 0 Å². The predicted octanol–water partition coefficient (Wildman–Crippen LogP) is 2.97. The fraction of sp³-hybridized carbons (Fsp3) is 0.273. The minimum absolute atomic E-state index is 0.205. The Kier molecular flexibility index (Phi) is 5.15. The monoisotopic (exact) mass is 381 g/mol. The van der Waals surface area contributed by atoms with Gasteiger partial charge in [-0.2, -0.15) is 0 Å². The molecule has 2 aromatic heterocycles. The van der Waals surface area contributed by atoms with Crippen molar-refractivity contribution in [3.8, 4) is 0 Å². The van der Waals surface area contributed by atoms with Crippen molar-refractivity contribution in [2.24, 2.45) is 0 Å². The summed E-state index contributed by atoms with van der Waals surface area (Å²) in [7, 11) is -3.47. The Morgan fingerprint density at radius 1 is 1.37 bits per heavy atom. The standard InChI is InChI=1S/C11H12BrNO3S3/c12-10-3-4-11(18-10)19(15,16)13-6-5-8(14)9-2-1-7-17-9/h1-4,7-8,13-14H,5-6H2/t8-/m1/s1. The highest BCUT2D eigenvalue weighted by atomic mass is 79.9. The normalized spacial score (nSPS) is 13.6. The maximum Gasteiger partial charge on any atom is 0.250 e. The molecule has 2 rings (SSSR count). The van der Waals surface area contributed by atoms with Crippen LogP contribution in [0.25, 0.3) is 0 Å².